The van der Waals surface area contributed by atoms with E-state index in [0.29, 0.717) is 50.7 Å². The van der Waals surface area contributed by atoms with Gasteiger partial charge in [0.1, 0.15) is 18.5 Å². The van der Waals surface area contributed by atoms with E-state index in [1.54, 1.807) is 9.80 Å². The lowest BCUT2D eigenvalue weighted by atomic mass is 10.0. The highest BCUT2D eigenvalue weighted by molar-refractivity contribution is 6.31. The molecular formula is C30H35ClF3N7O2. The quantitative estimate of drug-likeness (QED) is 0.314. The van der Waals surface area contributed by atoms with E-state index < -0.39 is 11.7 Å². The predicted molar refractivity (Wildman–Crippen MR) is 158 cm³/mol. The van der Waals surface area contributed by atoms with Gasteiger partial charge in [-0.3, -0.25) is 9.69 Å². The van der Waals surface area contributed by atoms with E-state index in [0.717, 1.165) is 31.5 Å². The second-order valence-electron chi connectivity index (χ2n) is 11.0. The summed E-state index contributed by atoms with van der Waals surface area (Å²) in [7, 11) is 0. The minimum Gasteiger partial charge on any atom is -0.462 e. The predicted octanol–water partition coefficient (Wildman–Crippen LogP) is 4.70. The summed E-state index contributed by atoms with van der Waals surface area (Å²) < 4.78 is 48.3. The highest BCUT2D eigenvalue weighted by Crippen LogP contribution is 2.43. The maximum atomic E-state index is 14.0. The summed E-state index contributed by atoms with van der Waals surface area (Å²) in [6, 6.07) is 4.25. The van der Waals surface area contributed by atoms with Gasteiger partial charge in [-0.15, -0.1) is 0 Å². The first-order chi connectivity index (χ1) is 20.6. The SMILES string of the molecule is [C-]#[N+]C[C@H]1CN(c2nc(OC[C@@H]3CCCN3CC)nc3c2CCN(c2cccc(Cl)c2C(F)(F)F)C3)CCN1C(=O)C=C. The monoisotopic (exact) mass is 617 g/mol. The van der Waals surface area contributed by atoms with Gasteiger partial charge in [-0.2, -0.15) is 23.1 Å². The minimum atomic E-state index is -4.62. The number of piperazine rings is 1. The van der Waals surface area contributed by atoms with Gasteiger partial charge in [0.15, 0.2) is 0 Å². The van der Waals surface area contributed by atoms with Crippen molar-refractivity contribution in [1.82, 2.24) is 19.8 Å². The number of halogens is 4. The van der Waals surface area contributed by atoms with Gasteiger partial charge in [0.2, 0.25) is 12.5 Å². The van der Waals surface area contributed by atoms with E-state index in [1.807, 2.05) is 4.90 Å². The van der Waals surface area contributed by atoms with Gasteiger partial charge in [-0.1, -0.05) is 31.2 Å². The zero-order valence-electron chi connectivity index (χ0n) is 24.1. The Morgan fingerprint density at radius 2 is 2.02 bits per heavy atom. The first-order valence-electron chi connectivity index (χ1n) is 14.5. The minimum absolute atomic E-state index is 0.00602. The first-order valence-corrected chi connectivity index (χ1v) is 14.9. The normalized spacial score (nSPS) is 21.0. The molecule has 13 heteroatoms. The lowest BCUT2D eigenvalue weighted by molar-refractivity contribution is -0.137. The molecule has 2 aromatic rings. The number of likely N-dealkylation sites (tertiary alicyclic amines) is 1. The van der Waals surface area contributed by atoms with Crippen LogP contribution in [-0.2, 0) is 23.9 Å². The fourth-order valence-corrected chi connectivity index (χ4v) is 6.64. The number of benzene rings is 1. The van der Waals surface area contributed by atoms with Crippen LogP contribution in [0.3, 0.4) is 0 Å². The molecule has 0 unspecified atom stereocenters. The highest BCUT2D eigenvalue weighted by Gasteiger charge is 2.39. The molecule has 0 bridgehead atoms. The Bertz CT molecular complexity index is 1400. The number of rotatable bonds is 8. The van der Waals surface area contributed by atoms with E-state index in [2.05, 4.69) is 23.2 Å². The number of aromatic nitrogens is 2. The van der Waals surface area contributed by atoms with Gasteiger partial charge < -0.3 is 24.3 Å². The Hall–Kier alpha value is -3.56. The third-order valence-corrected chi connectivity index (χ3v) is 8.81. The van der Waals surface area contributed by atoms with Crippen LogP contribution in [0.1, 0.15) is 36.6 Å². The Morgan fingerprint density at radius 3 is 2.74 bits per heavy atom. The summed E-state index contributed by atoms with van der Waals surface area (Å²) in [5.41, 5.74) is 0.563. The van der Waals surface area contributed by atoms with E-state index in [4.69, 9.17) is 32.9 Å². The summed E-state index contributed by atoms with van der Waals surface area (Å²) in [6.45, 7) is 17.3. The third kappa shape index (κ3) is 6.53. The topological polar surface area (TPSA) is 69.4 Å². The number of nitrogens with zero attached hydrogens (tertiary/aromatic N) is 7. The van der Waals surface area contributed by atoms with Crippen LogP contribution >= 0.6 is 11.6 Å². The maximum absolute atomic E-state index is 14.0. The lowest BCUT2D eigenvalue weighted by Gasteiger charge is -2.41. The molecule has 9 nitrogen and oxygen atoms in total. The molecule has 2 fully saturated rings. The van der Waals surface area contributed by atoms with Crippen molar-refractivity contribution in [3.63, 3.8) is 0 Å². The molecule has 5 rings (SSSR count). The first kappa shape index (κ1) is 30.9. The second-order valence-corrected chi connectivity index (χ2v) is 11.4. The number of carbonyl (C=O) groups excluding carboxylic acids is 1. The largest absolute Gasteiger partial charge is 0.462 e. The van der Waals surface area contributed by atoms with Crippen LogP contribution < -0.4 is 14.5 Å². The van der Waals surface area contributed by atoms with Gasteiger partial charge in [-0.25, -0.2) is 6.57 Å². The molecule has 2 saturated heterocycles. The molecule has 1 amide bonds. The molecule has 1 aromatic carbocycles. The van der Waals surface area contributed by atoms with Crippen molar-refractivity contribution in [1.29, 1.82) is 0 Å². The molecule has 0 N–H and O–H groups in total. The van der Waals surface area contributed by atoms with Crippen molar-refractivity contribution < 1.29 is 22.7 Å². The Kier molecular flexibility index (Phi) is 9.32. The molecule has 4 heterocycles. The van der Waals surface area contributed by atoms with Gasteiger partial charge in [0.25, 0.3) is 0 Å². The van der Waals surface area contributed by atoms with Crippen molar-refractivity contribution in [3.05, 3.63) is 64.1 Å². The number of anilines is 2. The van der Waals surface area contributed by atoms with E-state index in [9.17, 15) is 18.0 Å². The molecule has 0 radical (unpaired) electrons. The van der Waals surface area contributed by atoms with Crippen molar-refractivity contribution in [3.8, 4) is 6.01 Å². The smallest absolute Gasteiger partial charge is 0.419 e. The van der Waals surface area contributed by atoms with Crippen LogP contribution in [0, 0.1) is 6.57 Å². The summed E-state index contributed by atoms with van der Waals surface area (Å²) >= 11 is 6.04. The Balaban J connectivity index is 1.49. The van der Waals surface area contributed by atoms with Crippen LogP contribution in [0.2, 0.25) is 5.02 Å². The molecule has 0 spiro atoms. The molecule has 3 aliphatic heterocycles. The van der Waals surface area contributed by atoms with Gasteiger partial charge in [-0.05, 0) is 50.6 Å². The Morgan fingerprint density at radius 1 is 1.21 bits per heavy atom. The zero-order chi connectivity index (χ0) is 30.7. The fraction of sp³-hybridized carbons (Fsp3) is 0.533. The standard InChI is InChI=1S/C30H35ClF3N7O2/c1-4-26(42)41-15-14-40(17-21(41)16-35-3)28-22-11-13-39(25-10-6-9-23(31)27(25)30(32,33)34)18-24(22)36-29(37-28)43-19-20-8-7-12-38(20)5-2/h4,6,9-10,20-21H,1,5,7-8,11-19H2,2H3/t20-,21-/m0/s1. The number of hydrogen-bond acceptors (Lipinski definition) is 7. The van der Waals surface area contributed by atoms with Crippen molar-refractivity contribution in [2.45, 2.75) is 51.0 Å². The summed E-state index contributed by atoms with van der Waals surface area (Å²) in [5, 5.41) is -0.349. The number of amides is 1. The molecule has 0 aliphatic carbocycles. The molecule has 1 aromatic heterocycles. The maximum Gasteiger partial charge on any atom is 0.419 e. The Labute approximate surface area is 254 Å². The molecular weight excluding hydrogens is 583 g/mol. The molecule has 2 atom stereocenters. The fourth-order valence-electron chi connectivity index (χ4n) is 6.36. The van der Waals surface area contributed by atoms with E-state index in [-0.39, 0.29) is 47.8 Å². The van der Waals surface area contributed by atoms with Crippen molar-refractivity contribution in [2.75, 3.05) is 62.2 Å². The average molecular weight is 618 g/mol. The van der Waals surface area contributed by atoms with Crippen LogP contribution in [-0.4, -0.2) is 90.2 Å². The van der Waals surface area contributed by atoms with E-state index >= 15 is 0 Å². The number of likely N-dealkylation sites (N-methyl/N-ethyl adjacent to an activating group) is 1. The van der Waals surface area contributed by atoms with Crippen LogP contribution in [0.15, 0.2) is 30.9 Å². The lowest BCUT2D eigenvalue weighted by Crippen LogP contribution is -2.56. The number of carbonyl (C=O) groups is 1. The van der Waals surface area contributed by atoms with Gasteiger partial charge in [0.05, 0.1) is 28.5 Å². The number of ether oxygens (including phenoxy) is 1. The number of hydrogen-bond donors (Lipinski definition) is 0. The van der Waals surface area contributed by atoms with Gasteiger partial charge in [0, 0.05) is 37.8 Å². The molecule has 3 aliphatic rings. The van der Waals surface area contributed by atoms with Crippen LogP contribution in [0.5, 0.6) is 6.01 Å². The molecule has 0 saturated carbocycles. The molecule has 43 heavy (non-hydrogen) atoms. The summed E-state index contributed by atoms with van der Waals surface area (Å²) in [6.07, 6.45) is -0.865. The average Bonchev–Trinajstić information content (AvgIpc) is 3.46. The highest BCUT2D eigenvalue weighted by atomic mass is 35.5. The van der Waals surface area contributed by atoms with E-state index in [1.165, 1.54) is 24.3 Å². The van der Waals surface area contributed by atoms with Crippen LogP contribution in [0.25, 0.3) is 4.85 Å². The molecule has 230 valence electrons. The van der Waals surface area contributed by atoms with Crippen molar-refractivity contribution in [2.24, 2.45) is 0 Å². The zero-order valence-corrected chi connectivity index (χ0v) is 24.9. The number of fused-ring (bicyclic) bond motifs is 1. The summed E-state index contributed by atoms with van der Waals surface area (Å²) in [5.74, 6) is 0.415. The van der Waals surface area contributed by atoms with Crippen LogP contribution in [0.4, 0.5) is 24.7 Å². The van der Waals surface area contributed by atoms with Gasteiger partial charge >= 0.3 is 12.2 Å². The third-order valence-electron chi connectivity index (χ3n) is 8.49. The number of alkyl halides is 3. The second kappa shape index (κ2) is 13.0. The van der Waals surface area contributed by atoms with Crippen molar-refractivity contribution >= 4 is 29.0 Å². The summed E-state index contributed by atoms with van der Waals surface area (Å²) in [4.78, 5) is 33.3.